The highest BCUT2D eigenvalue weighted by molar-refractivity contribution is 5.46. The summed E-state index contributed by atoms with van der Waals surface area (Å²) in [5.41, 5.74) is 2.35. The number of aromatic nitrogens is 2. The SMILES string of the molecule is COc1cccc(CN2CCN(c3nc(C)cc(N4CCCC4)n3)CC2)c1. The first-order chi connectivity index (χ1) is 13.2. The lowest BCUT2D eigenvalue weighted by Crippen LogP contribution is -2.46. The summed E-state index contributed by atoms with van der Waals surface area (Å²) in [6, 6.07) is 10.5. The Labute approximate surface area is 161 Å². The lowest BCUT2D eigenvalue weighted by Gasteiger charge is -2.35. The molecule has 0 atom stereocenters. The summed E-state index contributed by atoms with van der Waals surface area (Å²) in [6.07, 6.45) is 2.53. The van der Waals surface area contributed by atoms with Crippen molar-refractivity contribution in [2.45, 2.75) is 26.3 Å². The van der Waals surface area contributed by atoms with E-state index in [2.05, 4.69) is 45.9 Å². The molecule has 2 aliphatic heterocycles. The summed E-state index contributed by atoms with van der Waals surface area (Å²) < 4.78 is 5.34. The second-order valence-corrected chi connectivity index (χ2v) is 7.48. The molecule has 144 valence electrons. The van der Waals surface area contributed by atoms with Crippen LogP contribution in [0.5, 0.6) is 5.75 Å². The predicted octanol–water partition coefficient (Wildman–Crippen LogP) is 2.72. The molecule has 0 radical (unpaired) electrons. The molecule has 6 heteroatoms. The normalized spacial score (nSPS) is 18.1. The highest BCUT2D eigenvalue weighted by Gasteiger charge is 2.21. The fraction of sp³-hybridized carbons (Fsp3) is 0.524. The molecule has 3 heterocycles. The van der Waals surface area contributed by atoms with Crippen molar-refractivity contribution in [2.24, 2.45) is 0 Å². The first-order valence-electron chi connectivity index (χ1n) is 9.92. The number of nitrogens with zero attached hydrogens (tertiary/aromatic N) is 5. The van der Waals surface area contributed by atoms with Crippen LogP contribution >= 0.6 is 0 Å². The van der Waals surface area contributed by atoms with E-state index in [-0.39, 0.29) is 0 Å². The van der Waals surface area contributed by atoms with Gasteiger partial charge in [-0.3, -0.25) is 4.90 Å². The number of anilines is 2. The van der Waals surface area contributed by atoms with Gasteiger partial charge in [0.15, 0.2) is 0 Å². The first kappa shape index (κ1) is 18.0. The lowest BCUT2D eigenvalue weighted by atomic mass is 10.2. The lowest BCUT2D eigenvalue weighted by molar-refractivity contribution is 0.248. The molecule has 2 aromatic rings. The third-order valence-electron chi connectivity index (χ3n) is 5.45. The van der Waals surface area contributed by atoms with Crippen molar-refractivity contribution in [3.63, 3.8) is 0 Å². The zero-order valence-corrected chi connectivity index (χ0v) is 16.4. The first-order valence-corrected chi connectivity index (χ1v) is 9.92. The van der Waals surface area contributed by atoms with Crippen LogP contribution in [0.3, 0.4) is 0 Å². The summed E-state index contributed by atoms with van der Waals surface area (Å²) in [5.74, 6) is 2.90. The number of hydrogen-bond acceptors (Lipinski definition) is 6. The maximum absolute atomic E-state index is 5.34. The van der Waals surface area contributed by atoms with Crippen LogP contribution in [0, 0.1) is 6.92 Å². The van der Waals surface area contributed by atoms with E-state index in [4.69, 9.17) is 14.7 Å². The smallest absolute Gasteiger partial charge is 0.227 e. The Morgan fingerprint density at radius 3 is 2.44 bits per heavy atom. The van der Waals surface area contributed by atoms with Gasteiger partial charge in [0.05, 0.1) is 7.11 Å². The van der Waals surface area contributed by atoms with Gasteiger partial charge in [-0.05, 0) is 37.5 Å². The van der Waals surface area contributed by atoms with E-state index in [1.54, 1.807) is 7.11 Å². The van der Waals surface area contributed by atoms with Crippen LogP contribution in [0.15, 0.2) is 30.3 Å². The Morgan fingerprint density at radius 1 is 0.926 bits per heavy atom. The van der Waals surface area contributed by atoms with Crippen molar-refractivity contribution in [2.75, 3.05) is 56.2 Å². The number of piperazine rings is 1. The van der Waals surface area contributed by atoms with Crippen LogP contribution in [0.25, 0.3) is 0 Å². The number of benzene rings is 1. The number of ether oxygens (including phenoxy) is 1. The Hall–Kier alpha value is -2.34. The van der Waals surface area contributed by atoms with Gasteiger partial charge in [0.1, 0.15) is 11.6 Å². The van der Waals surface area contributed by atoms with Crippen LogP contribution in [0.4, 0.5) is 11.8 Å². The van der Waals surface area contributed by atoms with Crippen molar-refractivity contribution in [3.8, 4) is 5.75 Å². The molecule has 1 aromatic heterocycles. The molecule has 27 heavy (non-hydrogen) atoms. The molecule has 0 bridgehead atoms. The minimum absolute atomic E-state index is 0.887. The molecule has 0 spiro atoms. The van der Waals surface area contributed by atoms with Gasteiger partial charge in [-0.15, -0.1) is 0 Å². The van der Waals surface area contributed by atoms with Gasteiger partial charge in [0.2, 0.25) is 5.95 Å². The van der Waals surface area contributed by atoms with E-state index in [1.807, 2.05) is 6.07 Å². The molecule has 0 amide bonds. The minimum Gasteiger partial charge on any atom is -0.497 e. The second-order valence-electron chi connectivity index (χ2n) is 7.48. The average molecular weight is 367 g/mol. The fourth-order valence-corrected chi connectivity index (χ4v) is 3.92. The summed E-state index contributed by atoms with van der Waals surface area (Å²) in [5, 5.41) is 0. The van der Waals surface area contributed by atoms with E-state index in [1.165, 1.54) is 18.4 Å². The third kappa shape index (κ3) is 4.33. The zero-order chi connectivity index (χ0) is 18.6. The quantitative estimate of drug-likeness (QED) is 0.810. The number of methoxy groups -OCH3 is 1. The van der Waals surface area contributed by atoms with Crippen LogP contribution in [0.2, 0.25) is 0 Å². The highest BCUT2D eigenvalue weighted by Crippen LogP contribution is 2.22. The standard InChI is InChI=1S/C21H29N5O/c1-17-14-20(25-8-3-4-9-25)23-21(22-17)26-12-10-24(11-13-26)16-18-6-5-7-19(15-18)27-2/h5-7,14-15H,3-4,8-13,16H2,1-2H3. The Morgan fingerprint density at radius 2 is 1.70 bits per heavy atom. The molecule has 0 N–H and O–H groups in total. The Balaban J connectivity index is 1.38. The Bertz CT molecular complexity index is 767. The second kappa shape index (κ2) is 8.13. The van der Waals surface area contributed by atoms with Crippen molar-refractivity contribution < 1.29 is 4.74 Å². The molecule has 4 rings (SSSR count). The van der Waals surface area contributed by atoms with Crippen LogP contribution < -0.4 is 14.5 Å². The third-order valence-corrected chi connectivity index (χ3v) is 5.45. The van der Waals surface area contributed by atoms with Crippen molar-refractivity contribution in [3.05, 3.63) is 41.6 Å². The summed E-state index contributed by atoms with van der Waals surface area (Å²) in [7, 11) is 1.72. The van der Waals surface area contributed by atoms with Crippen molar-refractivity contribution >= 4 is 11.8 Å². The molecule has 0 aliphatic carbocycles. The minimum atomic E-state index is 0.887. The molecule has 0 unspecified atom stereocenters. The summed E-state index contributed by atoms with van der Waals surface area (Å²) in [6.45, 7) is 9.23. The molecule has 2 aliphatic rings. The molecule has 6 nitrogen and oxygen atoms in total. The molecular formula is C21H29N5O. The number of rotatable bonds is 5. The topological polar surface area (TPSA) is 44.7 Å². The fourth-order valence-electron chi connectivity index (χ4n) is 3.92. The molecule has 1 aromatic carbocycles. The van der Waals surface area contributed by atoms with Gasteiger partial charge in [0.25, 0.3) is 0 Å². The van der Waals surface area contributed by atoms with Gasteiger partial charge in [-0.2, -0.15) is 4.98 Å². The van der Waals surface area contributed by atoms with Gasteiger partial charge >= 0.3 is 0 Å². The van der Waals surface area contributed by atoms with E-state index >= 15 is 0 Å². The molecular weight excluding hydrogens is 338 g/mol. The summed E-state index contributed by atoms with van der Waals surface area (Å²) >= 11 is 0. The van der Waals surface area contributed by atoms with Gasteiger partial charge in [-0.1, -0.05) is 12.1 Å². The monoisotopic (exact) mass is 367 g/mol. The van der Waals surface area contributed by atoms with Crippen LogP contribution in [-0.2, 0) is 6.54 Å². The van der Waals surface area contributed by atoms with E-state index in [0.29, 0.717) is 0 Å². The maximum atomic E-state index is 5.34. The molecule has 2 saturated heterocycles. The maximum Gasteiger partial charge on any atom is 0.227 e. The largest absolute Gasteiger partial charge is 0.497 e. The van der Waals surface area contributed by atoms with Crippen molar-refractivity contribution in [1.82, 2.24) is 14.9 Å². The van der Waals surface area contributed by atoms with E-state index < -0.39 is 0 Å². The highest BCUT2D eigenvalue weighted by atomic mass is 16.5. The van der Waals surface area contributed by atoms with E-state index in [9.17, 15) is 0 Å². The number of aryl methyl sites for hydroxylation is 1. The average Bonchev–Trinajstić information content (AvgIpc) is 3.23. The van der Waals surface area contributed by atoms with Gasteiger partial charge in [0, 0.05) is 57.6 Å². The molecule has 2 fully saturated rings. The van der Waals surface area contributed by atoms with Crippen LogP contribution in [-0.4, -0.2) is 61.2 Å². The zero-order valence-electron chi connectivity index (χ0n) is 16.4. The molecule has 0 saturated carbocycles. The number of hydrogen-bond donors (Lipinski definition) is 0. The van der Waals surface area contributed by atoms with Gasteiger partial charge < -0.3 is 14.5 Å². The Kier molecular flexibility index (Phi) is 5.43. The van der Waals surface area contributed by atoms with E-state index in [0.717, 1.165) is 69.0 Å². The van der Waals surface area contributed by atoms with Crippen molar-refractivity contribution in [1.29, 1.82) is 0 Å². The predicted molar refractivity (Wildman–Crippen MR) is 109 cm³/mol. The van der Waals surface area contributed by atoms with Gasteiger partial charge in [-0.25, -0.2) is 4.98 Å². The van der Waals surface area contributed by atoms with Crippen LogP contribution in [0.1, 0.15) is 24.1 Å². The summed E-state index contributed by atoms with van der Waals surface area (Å²) in [4.78, 5) is 16.8.